The molecule has 1 fully saturated rings. The fourth-order valence-corrected chi connectivity index (χ4v) is 3.39. The summed E-state index contributed by atoms with van der Waals surface area (Å²) in [6.45, 7) is 0.618. The van der Waals surface area contributed by atoms with Crippen molar-refractivity contribution in [3.63, 3.8) is 0 Å². The van der Waals surface area contributed by atoms with Crippen LogP contribution in [-0.4, -0.2) is 11.1 Å². The van der Waals surface area contributed by atoms with Crippen molar-refractivity contribution in [2.75, 3.05) is 0 Å². The van der Waals surface area contributed by atoms with E-state index in [9.17, 15) is 13.2 Å². The topological polar surface area (TPSA) is 12.5 Å². The van der Waals surface area contributed by atoms with Gasteiger partial charge in [-0.3, -0.25) is 0 Å². The van der Waals surface area contributed by atoms with Gasteiger partial charge < -0.3 is 4.84 Å². The molecule has 0 spiro atoms. The highest BCUT2D eigenvalue weighted by Crippen LogP contribution is 2.31. The van der Waals surface area contributed by atoms with Gasteiger partial charge in [0.2, 0.25) is 0 Å². The monoisotopic (exact) mass is 363 g/mol. The van der Waals surface area contributed by atoms with Gasteiger partial charge in [-0.25, -0.2) is 0 Å². The van der Waals surface area contributed by atoms with Crippen LogP contribution in [0.4, 0.5) is 13.2 Å². The van der Waals surface area contributed by atoms with E-state index in [1.807, 2.05) is 35.4 Å². The molecule has 0 saturated heterocycles. The zero-order valence-electron chi connectivity index (χ0n) is 14.7. The maximum Gasteiger partial charge on any atom is 0.416 e. The van der Waals surface area contributed by atoms with Crippen LogP contribution in [0, 0.1) is 0 Å². The molecule has 3 rings (SSSR count). The zero-order chi connectivity index (χ0) is 18.4. The minimum Gasteiger partial charge on any atom is -0.405 e. The molecule has 5 heteroatoms. The third-order valence-electron chi connectivity index (χ3n) is 4.82. The molecule has 0 atom stereocenters. The fraction of sp³-hybridized carbons (Fsp3) is 0.429. The summed E-state index contributed by atoms with van der Waals surface area (Å²) in [7, 11) is 0. The molecule has 26 heavy (non-hydrogen) atoms. The maximum absolute atomic E-state index is 12.8. The van der Waals surface area contributed by atoms with Crippen molar-refractivity contribution in [3.8, 4) is 5.75 Å². The molecule has 2 aromatic rings. The van der Waals surface area contributed by atoms with E-state index in [0.717, 1.165) is 43.4 Å². The Morgan fingerprint density at radius 3 is 2.04 bits per heavy atom. The third-order valence-corrected chi connectivity index (χ3v) is 4.82. The highest BCUT2D eigenvalue weighted by atomic mass is 19.4. The lowest BCUT2D eigenvalue weighted by atomic mass is 10.1. The first-order chi connectivity index (χ1) is 12.5. The van der Waals surface area contributed by atoms with Crippen molar-refractivity contribution in [1.82, 2.24) is 5.06 Å². The van der Waals surface area contributed by atoms with Crippen LogP contribution in [0.5, 0.6) is 5.75 Å². The van der Waals surface area contributed by atoms with Crippen LogP contribution in [0.1, 0.15) is 49.7 Å². The summed E-state index contributed by atoms with van der Waals surface area (Å²) in [6.07, 6.45) is 2.55. The highest BCUT2D eigenvalue weighted by Gasteiger charge is 2.30. The number of benzene rings is 2. The second kappa shape index (κ2) is 8.58. The van der Waals surface area contributed by atoms with Gasteiger partial charge in [0.1, 0.15) is 5.75 Å². The second-order valence-electron chi connectivity index (χ2n) is 6.82. The summed E-state index contributed by atoms with van der Waals surface area (Å²) in [5, 5.41) is 1.95. The lowest BCUT2D eigenvalue weighted by Crippen LogP contribution is -2.37. The van der Waals surface area contributed by atoms with E-state index in [-0.39, 0.29) is 6.04 Å². The van der Waals surface area contributed by atoms with Crippen LogP contribution in [0.15, 0.2) is 54.6 Å². The standard InChI is InChI=1S/C21H24F3NO/c22-21(23,24)18-12-14-20(15-13-18)26-25(16-17-8-4-3-5-9-17)19-10-6-1-2-7-11-19/h3-5,8-9,12-15,19H,1-2,6-7,10-11,16H2. The van der Waals surface area contributed by atoms with E-state index < -0.39 is 11.7 Å². The van der Waals surface area contributed by atoms with Crippen molar-refractivity contribution in [1.29, 1.82) is 0 Å². The summed E-state index contributed by atoms with van der Waals surface area (Å²) in [6, 6.07) is 15.2. The van der Waals surface area contributed by atoms with Crippen LogP contribution in [0.2, 0.25) is 0 Å². The summed E-state index contributed by atoms with van der Waals surface area (Å²) in [4.78, 5) is 6.05. The van der Waals surface area contributed by atoms with Gasteiger partial charge in [0.05, 0.1) is 12.1 Å². The average molecular weight is 363 g/mol. The summed E-state index contributed by atoms with van der Waals surface area (Å²) >= 11 is 0. The Balaban J connectivity index is 1.76. The van der Waals surface area contributed by atoms with Crippen LogP contribution in [0.25, 0.3) is 0 Å². The number of nitrogens with zero attached hydrogens (tertiary/aromatic N) is 1. The lowest BCUT2D eigenvalue weighted by molar-refractivity contribution is -0.137. The molecule has 1 aliphatic rings. The third kappa shape index (κ3) is 5.24. The lowest BCUT2D eigenvalue weighted by Gasteiger charge is -2.30. The van der Waals surface area contributed by atoms with E-state index in [1.54, 1.807) is 0 Å². The average Bonchev–Trinajstić information content (AvgIpc) is 2.91. The molecule has 1 saturated carbocycles. The quantitative estimate of drug-likeness (QED) is 0.461. The van der Waals surface area contributed by atoms with Gasteiger partial charge >= 0.3 is 6.18 Å². The smallest absolute Gasteiger partial charge is 0.405 e. The number of halogens is 3. The molecule has 0 amide bonds. The van der Waals surface area contributed by atoms with Crippen LogP contribution in [0.3, 0.4) is 0 Å². The number of hydrogen-bond acceptors (Lipinski definition) is 2. The molecule has 0 heterocycles. The number of hydroxylamine groups is 2. The Morgan fingerprint density at radius 1 is 0.846 bits per heavy atom. The molecular formula is C21H24F3NO. The van der Waals surface area contributed by atoms with E-state index in [4.69, 9.17) is 4.84 Å². The maximum atomic E-state index is 12.8. The molecule has 0 aromatic heterocycles. The van der Waals surface area contributed by atoms with Gasteiger partial charge in [-0.15, -0.1) is 5.06 Å². The normalized spacial score (nSPS) is 16.5. The summed E-state index contributed by atoms with van der Waals surface area (Å²) < 4.78 is 38.3. The van der Waals surface area contributed by atoms with Crippen LogP contribution in [-0.2, 0) is 12.7 Å². The summed E-state index contributed by atoms with van der Waals surface area (Å²) in [5.74, 6) is 0.443. The molecule has 2 aromatic carbocycles. The second-order valence-corrected chi connectivity index (χ2v) is 6.82. The molecular weight excluding hydrogens is 339 g/mol. The molecule has 140 valence electrons. The Kier molecular flexibility index (Phi) is 6.20. The molecule has 2 nitrogen and oxygen atoms in total. The molecule has 0 N–H and O–H groups in total. The predicted molar refractivity (Wildman–Crippen MR) is 95.5 cm³/mol. The van der Waals surface area contributed by atoms with Crippen LogP contribution < -0.4 is 4.84 Å². The Hall–Kier alpha value is -2.01. The first-order valence-corrected chi connectivity index (χ1v) is 9.18. The molecule has 0 bridgehead atoms. The van der Waals surface area contributed by atoms with E-state index in [0.29, 0.717) is 12.3 Å². The van der Waals surface area contributed by atoms with Crippen molar-refractivity contribution >= 4 is 0 Å². The SMILES string of the molecule is FC(F)(F)c1ccc(ON(Cc2ccccc2)C2CCCCCC2)cc1. The summed E-state index contributed by atoms with van der Waals surface area (Å²) in [5.41, 5.74) is 0.470. The van der Waals surface area contributed by atoms with Gasteiger partial charge in [-0.1, -0.05) is 56.0 Å². The van der Waals surface area contributed by atoms with E-state index in [2.05, 4.69) is 0 Å². The molecule has 0 radical (unpaired) electrons. The zero-order valence-corrected chi connectivity index (χ0v) is 14.7. The molecule has 0 unspecified atom stereocenters. The Morgan fingerprint density at radius 2 is 1.46 bits per heavy atom. The fourth-order valence-electron chi connectivity index (χ4n) is 3.39. The highest BCUT2D eigenvalue weighted by molar-refractivity contribution is 5.28. The largest absolute Gasteiger partial charge is 0.416 e. The van der Waals surface area contributed by atoms with Gasteiger partial charge in [0.15, 0.2) is 0 Å². The number of hydrogen-bond donors (Lipinski definition) is 0. The number of alkyl halides is 3. The van der Waals surface area contributed by atoms with Crippen molar-refractivity contribution in [2.45, 2.75) is 57.3 Å². The van der Waals surface area contributed by atoms with E-state index >= 15 is 0 Å². The Labute approximate surface area is 152 Å². The molecule has 0 aliphatic heterocycles. The van der Waals surface area contributed by atoms with Crippen molar-refractivity contribution in [3.05, 3.63) is 65.7 Å². The van der Waals surface area contributed by atoms with Gasteiger partial charge in [-0.2, -0.15) is 13.2 Å². The van der Waals surface area contributed by atoms with Crippen LogP contribution >= 0.6 is 0 Å². The predicted octanol–water partition coefficient (Wildman–Crippen LogP) is 6.22. The minimum absolute atomic E-state index is 0.278. The first kappa shape index (κ1) is 18.8. The van der Waals surface area contributed by atoms with E-state index in [1.165, 1.54) is 25.0 Å². The minimum atomic E-state index is -4.33. The molecule has 1 aliphatic carbocycles. The van der Waals surface area contributed by atoms with Crippen molar-refractivity contribution < 1.29 is 18.0 Å². The Bertz CT molecular complexity index is 662. The van der Waals surface area contributed by atoms with Gasteiger partial charge in [0, 0.05) is 6.04 Å². The first-order valence-electron chi connectivity index (χ1n) is 9.18. The number of rotatable bonds is 5. The van der Waals surface area contributed by atoms with Crippen molar-refractivity contribution in [2.24, 2.45) is 0 Å². The van der Waals surface area contributed by atoms with Gasteiger partial charge in [0.25, 0.3) is 0 Å². The van der Waals surface area contributed by atoms with Gasteiger partial charge in [-0.05, 0) is 42.7 Å².